The molecule has 1 aliphatic heterocycles. The van der Waals surface area contributed by atoms with E-state index in [4.69, 9.17) is 4.42 Å². The fraction of sp³-hybridized carbons (Fsp3) is 0.308. The largest absolute Gasteiger partial charge is 0.423 e. The number of hydrogen-bond acceptors (Lipinski definition) is 5. The van der Waals surface area contributed by atoms with E-state index in [1.807, 2.05) is 24.3 Å². The molecule has 1 saturated heterocycles. The average molecular weight is 258 g/mol. The number of hydrogen-bond donors (Lipinski definition) is 2. The lowest BCUT2D eigenvalue weighted by molar-refractivity contribution is -0.117. The Kier molecular flexibility index (Phi) is 3.24. The van der Waals surface area contributed by atoms with Crippen LogP contribution in [0.15, 0.2) is 35.1 Å². The topological polar surface area (TPSA) is 80.1 Å². The van der Waals surface area contributed by atoms with E-state index in [0.717, 1.165) is 30.6 Å². The van der Waals surface area contributed by atoms with E-state index in [9.17, 15) is 4.79 Å². The van der Waals surface area contributed by atoms with Gasteiger partial charge in [-0.05, 0) is 43.7 Å². The second kappa shape index (κ2) is 5.19. The summed E-state index contributed by atoms with van der Waals surface area (Å²) >= 11 is 0. The fourth-order valence-corrected chi connectivity index (χ4v) is 2.13. The smallest absolute Gasteiger partial charge is 0.247 e. The Morgan fingerprint density at radius 2 is 2.21 bits per heavy atom. The van der Waals surface area contributed by atoms with Gasteiger partial charge in [-0.25, -0.2) is 0 Å². The highest BCUT2D eigenvalue weighted by atomic mass is 16.4. The van der Waals surface area contributed by atoms with Crippen LogP contribution in [0.25, 0.3) is 11.5 Å². The Morgan fingerprint density at radius 3 is 2.84 bits per heavy atom. The standard InChI is InChI=1S/C13H14N4O2/c18-12(11-2-1-7-14-11)16-10-5-3-9(4-6-10)13-17-15-8-19-13/h3-6,8,11,14H,1-2,7H2,(H,16,18)/t11-/m1/s1. The van der Waals surface area contributed by atoms with Gasteiger partial charge in [-0.3, -0.25) is 4.79 Å². The maximum Gasteiger partial charge on any atom is 0.247 e. The molecule has 2 aromatic rings. The summed E-state index contributed by atoms with van der Waals surface area (Å²) in [6.07, 6.45) is 3.23. The summed E-state index contributed by atoms with van der Waals surface area (Å²) < 4.78 is 5.10. The minimum atomic E-state index is -0.0735. The minimum Gasteiger partial charge on any atom is -0.423 e. The zero-order valence-electron chi connectivity index (χ0n) is 10.3. The van der Waals surface area contributed by atoms with E-state index < -0.39 is 0 Å². The van der Waals surface area contributed by atoms with Crippen molar-refractivity contribution in [2.75, 3.05) is 11.9 Å². The molecule has 0 unspecified atom stereocenters. The molecule has 0 spiro atoms. The van der Waals surface area contributed by atoms with Crippen molar-refractivity contribution in [2.45, 2.75) is 18.9 Å². The van der Waals surface area contributed by atoms with Crippen molar-refractivity contribution in [1.29, 1.82) is 0 Å². The van der Waals surface area contributed by atoms with Gasteiger partial charge in [-0.15, -0.1) is 10.2 Å². The van der Waals surface area contributed by atoms with Crippen molar-refractivity contribution in [3.05, 3.63) is 30.7 Å². The molecular formula is C13H14N4O2. The number of amides is 1. The quantitative estimate of drug-likeness (QED) is 0.870. The van der Waals surface area contributed by atoms with Crippen LogP contribution < -0.4 is 10.6 Å². The third-order valence-corrected chi connectivity index (χ3v) is 3.14. The van der Waals surface area contributed by atoms with Gasteiger partial charge in [-0.1, -0.05) is 0 Å². The number of carbonyl (C=O) groups is 1. The molecule has 0 aliphatic carbocycles. The summed E-state index contributed by atoms with van der Waals surface area (Å²) in [6.45, 7) is 0.911. The van der Waals surface area contributed by atoms with Gasteiger partial charge in [0.25, 0.3) is 0 Å². The molecule has 3 rings (SSSR count). The number of carbonyl (C=O) groups excluding carboxylic acids is 1. The van der Waals surface area contributed by atoms with Crippen molar-refractivity contribution in [2.24, 2.45) is 0 Å². The zero-order valence-corrected chi connectivity index (χ0v) is 10.3. The Labute approximate surface area is 110 Å². The minimum absolute atomic E-state index is 0.0167. The van der Waals surface area contributed by atoms with Crippen molar-refractivity contribution in [1.82, 2.24) is 15.5 Å². The predicted molar refractivity (Wildman–Crippen MR) is 69.4 cm³/mol. The molecule has 1 amide bonds. The molecule has 0 bridgehead atoms. The molecule has 2 N–H and O–H groups in total. The Morgan fingerprint density at radius 1 is 1.37 bits per heavy atom. The number of benzene rings is 1. The summed E-state index contributed by atoms with van der Waals surface area (Å²) in [6, 6.07) is 7.26. The van der Waals surface area contributed by atoms with Crippen LogP contribution in [0.5, 0.6) is 0 Å². The van der Waals surface area contributed by atoms with E-state index in [2.05, 4.69) is 20.8 Å². The first-order chi connectivity index (χ1) is 9.33. The van der Waals surface area contributed by atoms with Gasteiger partial charge in [-0.2, -0.15) is 0 Å². The molecule has 0 saturated carbocycles. The van der Waals surface area contributed by atoms with Crippen LogP contribution in [0.2, 0.25) is 0 Å². The van der Waals surface area contributed by atoms with Crippen LogP contribution in [0.3, 0.4) is 0 Å². The Hall–Kier alpha value is -2.21. The molecule has 98 valence electrons. The highest BCUT2D eigenvalue weighted by Crippen LogP contribution is 2.19. The lowest BCUT2D eigenvalue weighted by Crippen LogP contribution is -2.35. The number of rotatable bonds is 3. The molecule has 2 heterocycles. The van der Waals surface area contributed by atoms with E-state index in [-0.39, 0.29) is 11.9 Å². The molecule has 1 aromatic heterocycles. The summed E-state index contributed by atoms with van der Waals surface area (Å²) in [7, 11) is 0. The van der Waals surface area contributed by atoms with Gasteiger partial charge in [0, 0.05) is 11.3 Å². The number of anilines is 1. The highest BCUT2D eigenvalue weighted by molar-refractivity contribution is 5.95. The van der Waals surface area contributed by atoms with E-state index in [1.165, 1.54) is 6.39 Å². The van der Waals surface area contributed by atoms with Crippen molar-refractivity contribution < 1.29 is 9.21 Å². The third-order valence-electron chi connectivity index (χ3n) is 3.14. The van der Waals surface area contributed by atoms with E-state index in [1.54, 1.807) is 0 Å². The summed E-state index contributed by atoms with van der Waals surface area (Å²) in [4.78, 5) is 11.9. The molecular weight excluding hydrogens is 244 g/mol. The monoisotopic (exact) mass is 258 g/mol. The van der Waals surface area contributed by atoms with Crippen LogP contribution in [0.1, 0.15) is 12.8 Å². The molecule has 6 nitrogen and oxygen atoms in total. The molecule has 1 aliphatic rings. The molecule has 1 atom stereocenters. The normalized spacial score (nSPS) is 18.4. The summed E-state index contributed by atoms with van der Waals surface area (Å²) in [5.41, 5.74) is 1.59. The molecule has 1 fully saturated rings. The van der Waals surface area contributed by atoms with Gasteiger partial charge in [0.2, 0.25) is 18.2 Å². The first-order valence-corrected chi connectivity index (χ1v) is 6.24. The maximum atomic E-state index is 11.9. The molecule has 0 radical (unpaired) electrons. The van der Waals surface area contributed by atoms with Gasteiger partial charge >= 0.3 is 0 Å². The number of nitrogens with zero attached hydrogens (tertiary/aromatic N) is 2. The van der Waals surface area contributed by atoms with Crippen molar-refractivity contribution >= 4 is 11.6 Å². The predicted octanol–water partition coefficient (Wildman–Crippen LogP) is 1.43. The second-order valence-electron chi connectivity index (χ2n) is 4.46. The van der Waals surface area contributed by atoms with Crippen molar-refractivity contribution in [3.8, 4) is 11.5 Å². The lowest BCUT2D eigenvalue weighted by atomic mass is 10.2. The maximum absolute atomic E-state index is 11.9. The Bertz CT molecular complexity index is 545. The first-order valence-electron chi connectivity index (χ1n) is 6.24. The molecule has 6 heteroatoms. The first kappa shape index (κ1) is 11.9. The van der Waals surface area contributed by atoms with Gasteiger partial charge in [0.15, 0.2) is 0 Å². The van der Waals surface area contributed by atoms with E-state index in [0.29, 0.717) is 5.89 Å². The van der Waals surface area contributed by atoms with Crippen LogP contribution in [0.4, 0.5) is 5.69 Å². The van der Waals surface area contributed by atoms with Gasteiger partial charge in [0.1, 0.15) is 0 Å². The molecule has 19 heavy (non-hydrogen) atoms. The van der Waals surface area contributed by atoms with Crippen LogP contribution in [-0.4, -0.2) is 28.7 Å². The Balaban J connectivity index is 1.67. The van der Waals surface area contributed by atoms with Gasteiger partial charge < -0.3 is 15.1 Å². The second-order valence-corrected chi connectivity index (χ2v) is 4.46. The third kappa shape index (κ3) is 2.63. The zero-order chi connectivity index (χ0) is 13.1. The summed E-state index contributed by atoms with van der Waals surface area (Å²) in [5.74, 6) is 0.485. The van der Waals surface area contributed by atoms with Crippen LogP contribution in [-0.2, 0) is 4.79 Å². The van der Waals surface area contributed by atoms with Gasteiger partial charge in [0.05, 0.1) is 6.04 Å². The lowest BCUT2D eigenvalue weighted by Gasteiger charge is -2.11. The average Bonchev–Trinajstić information content (AvgIpc) is 3.13. The van der Waals surface area contributed by atoms with E-state index >= 15 is 0 Å². The number of aromatic nitrogens is 2. The molecule has 1 aromatic carbocycles. The highest BCUT2D eigenvalue weighted by Gasteiger charge is 2.21. The van der Waals surface area contributed by atoms with Crippen molar-refractivity contribution in [3.63, 3.8) is 0 Å². The fourth-order valence-electron chi connectivity index (χ4n) is 2.13. The van der Waals surface area contributed by atoms with Crippen LogP contribution in [0, 0.1) is 0 Å². The summed E-state index contributed by atoms with van der Waals surface area (Å²) in [5, 5.41) is 13.5. The SMILES string of the molecule is O=C(Nc1ccc(-c2nnco2)cc1)[C@H]1CCCN1. The number of nitrogens with one attached hydrogen (secondary N) is 2. The van der Waals surface area contributed by atoms with Crippen LogP contribution >= 0.6 is 0 Å².